The standard InChI is InChI=1S/C20H25NO4/c1-3-25-19(23)21-9-8-20-7-6-14(22)11-17(20)18(21)10-13-4-5-15(24-2)12-16(13)20/h4-5,12,17-18H,3,6-11H2,1-2H3/t17-,18+,20-/m0/s1. The number of benzene rings is 1. The number of carbonyl (C=O) groups excluding carboxylic acids is 2. The molecule has 4 rings (SSSR count). The van der Waals surface area contributed by atoms with Crippen LogP contribution < -0.4 is 4.74 Å². The van der Waals surface area contributed by atoms with E-state index in [1.54, 1.807) is 7.11 Å². The van der Waals surface area contributed by atoms with E-state index in [2.05, 4.69) is 12.1 Å². The van der Waals surface area contributed by atoms with E-state index >= 15 is 0 Å². The molecule has 134 valence electrons. The summed E-state index contributed by atoms with van der Waals surface area (Å²) in [6.45, 7) is 2.91. The summed E-state index contributed by atoms with van der Waals surface area (Å²) < 4.78 is 10.7. The molecule has 0 unspecified atom stereocenters. The lowest BCUT2D eigenvalue weighted by molar-refractivity contribution is -0.127. The molecule has 1 amide bonds. The molecule has 5 nitrogen and oxygen atoms in total. The van der Waals surface area contributed by atoms with E-state index in [1.807, 2.05) is 17.9 Å². The fourth-order valence-electron chi connectivity index (χ4n) is 5.31. The number of likely N-dealkylation sites (tertiary alicyclic amines) is 1. The molecule has 2 fully saturated rings. The number of nitrogens with zero attached hydrogens (tertiary/aromatic N) is 1. The van der Waals surface area contributed by atoms with Gasteiger partial charge in [0.25, 0.3) is 0 Å². The maximum atomic E-state index is 12.5. The maximum Gasteiger partial charge on any atom is 0.410 e. The Labute approximate surface area is 148 Å². The summed E-state index contributed by atoms with van der Waals surface area (Å²) in [4.78, 5) is 26.6. The number of piperidine rings is 1. The lowest BCUT2D eigenvalue weighted by Gasteiger charge is -2.58. The molecule has 0 N–H and O–H groups in total. The number of carbonyl (C=O) groups is 2. The van der Waals surface area contributed by atoms with Crippen LogP contribution in [0.1, 0.15) is 43.7 Å². The van der Waals surface area contributed by atoms with Crippen molar-refractivity contribution in [2.75, 3.05) is 20.3 Å². The van der Waals surface area contributed by atoms with Gasteiger partial charge in [-0.2, -0.15) is 0 Å². The van der Waals surface area contributed by atoms with E-state index in [9.17, 15) is 9.59 Å². The van der Waals surface area contributed by atoms with E-state index < -0.39 is 0 Å². The van der Waals surface area contributed by atoms with E-state index in [-0.39, 0.29) is 23.5 Å². The van der Waals surface area contributed by atoms with Gasteiger partial charge in [-0.3, -0.25) is 4.79 Å². The van der Waals surface area contributed by atoms with Crippen LogP contribution in [0.15, 0.2) is 18.2 Å². The molecule has 5 heteroatoms. The van der Waals surface area contributed by atoms with Crippen molar-refractivity contribution in [3.05, 3.63) is 29.3 Å². The summed E-state index contributed by atoms with van der Waals surface area (Å²) in [7, 11) is 1.69. The predicted octanol–water partition coefficient (Wildman–Crippen LogP) is 3.09. The van der Waals surface area contributed by atoms with Gasteiger partial charge in [0.05, 0.1) is 13.7 Å². The minimum atomic E-state index is -0.240. The number of hydrogen-bond donors (Lipinski definition) is 0. The van der Waals surface area contributed by atoms with Crippen LogP contribution in [0.4, 0.5) is 4.79 Å². The van der Waals surface area contributed by atoms with Gasteiger partial charge >= 0.3 is 6.09 Å². The topological polar surface area (TPSA) is 55.8 Å². The first-order chi connectivity index (χ1) is 12.1. The molecule has 1 heterocycles. The highest BCUT2D eigenvalue weighted by Crippen LogP contribution is 2.55. The third-order valence-corrected chi connectivity index (χ3v) is 6.46. The number of rotatable bonds is 2. The second kappa shape index (κ2) is 6.04. The summed E-state index contributed by atoms with van der Waals surface area (Å²) in [5, 5.41) is 0. The molecule has 1 aliphatic heterocycles. The molecular formula is C20H25NO4. The zero-order valence-corrected chi connectivity index (χ0v) is 14.9. The first-order valence-corrected chi connectivity index (χ1v) is 9.21. The number of ketones is 1. The van der Waals surface area contributed by atoms with E-state index in [0.29, 0.717) is 31.8 Å². The highest BCUT2D eigenvalue weighted by atomic mass is 16.6. The summed E-state index contributed by atoms with van der Waals surface area (Å²) in [6.07, 6.45) is 3.52. The molecule has 25 heavy (non-hydrogen) atoms. The predicted molar refractivity (Wildman–Crippen MR) is 92.9 cm³/mol. The Morgan fingerprint density at radius 2 is 2.16 bits per heavy atom. The van der Waals surface area contributed by atoms with Gasteiger partial charge in [0.15, 0.2) is 0 Å². The first kappa shape index (κ1) is 16.4. The molecule has 1 aromatic carbocycles. The van der Waals surface area contributed by atoms with Crippen molar-refractivity contribution in [2.45, 2.75) is 50.5 Å². The Kier molecular flexibility index (Phi) is 3.97. The van der Waals surface area contributed by atoms with E-state index in [1.165, 1.54) is 11.1 Å². The Morgan fingerprint density at radius 3 is 2.92 bits per heavy atom. The van der Waals surface area contributed by atoms with Crippen molar-refractivity contribution in [1.82, 2.24) is 4.90 Å². The van der Waals surface area contributed by atoms with E-state index in [0.717, 1.165) is 25.0 Å². The monoisotopic (exact) mass is 343 g/mol. The van der Waals surface area contributed by atoms with Crippen molar-refractivity contribution in [2.24, 2.45) is 5.92 Å². The summed E-state index contributed by atoms with van der Waals surface area (Å²) >= 11 is 0. The highest BCUT2D eigenvalue weighted by molar-refractivity contribution is 5.81. The average Bonchev–Trinajstić information content (AvgIpc) is 2.61. The quantitative estimate of drug-likeness (QED) is 0.828. The normalized spacial score (nSPS) is 30.3. The fraction of sp³-hybridized carbons (Fsp3) is 0.600. The molecule has 2 bridgehead atoms. The van der Waals surface area contributed by atoms with Gasteiger partial charge in [0.2, 0.25) is 0 Å². The third-order valence-electron chi connectivity index (χ3n) is 6.46. The third kappa shape index (κ3) is 2.43. The largest absolute Gasteiger partial charge is 0.497 e. The number of methoxy groups -OCH3 is 1. The van der Waals surface area contributed by atoms with Crippen molar-refractivity contribution in [3.63, 3.8) is 0 Å². The number of fused-ring (bicyclic) bond motifs is 1. The smallest absolute Gasteiger partial charge is 0.410 e. The molecule has 2 aliphatic carbocycles. The SMILES string of the molecule is CCOC(=O)N1CC[C@]23CCC(=O)C[C@H]2[C@H]1Cc1ccc(OC)cc13. The molecule has 0 spiro atoms. The van der Waals surface area contributed by atoms with Gasteiger partial charge in [-0.25, -0.2) is 4.79 Å². The van der Waals surface area contributed by atoms with Gasteiger partial charge in [-0.05, 0) is 55.4 Å². The molecule has 0 radical (unpaired) electrons. The first-order valence-electron chi connectivity index (χ1n) is 9.21. The molecule has 1 saturated carbocycles. The Balaban J connectivity index is 1.79. The van der Waals surface area contributed by atoms with Crippen LogP contribution in [0.3, 0.4) is 0 Å². The van der Waals surface area contributed by atoms with Crippen LogP contribution in [0.2, 0.25) is 0 Å². The Hall–Kier alpha value is -2.04. The second-order valence-electron chi connectivity index (χ2n) is 7.44. The van der Waals surface area contributed by atoms with Gasteiger partial charge in [-0.15, -0.1) is 0 Å². The van der Waals surface area contributed by atoms with Crippen LogP contribution in [0, 0.1) is 5.92 Å². The number of Topliss-reactive ketones (excluding diaryl/α,β-unsaturated/α-hetero) is 1. The summed E-state index contributed by atoms with van der Waals surface area (Å²) in [5.41, 5.74) is 2.61. The van der Waals surface area contributed by atoms with Crippen molar-refractivity contribution >= 4 is 11.9 Å². The number of hydrogen-bond acceptors (Lipinski definition) is 4. The van der Waals surface area contributed by atoms with Crippen LogP contribution in [-0.2, 0) is 21.4 Å². The zero-order valence-electron chi connectivity index (χ0n) is 14.9. The average molecular weight is 343 g/mol. The lowest BCUT2D eigenvalue weighted by Crippen LogP contribution is -2.63. The van der Waals surface area contributed by atoms with Crippen LogP contribution in [0.25, 0.3) is 0 Å². The molecular weight excluding hydrogens is 318 g/mol. The van der Waals surface area contributed by atoms with Crippen LogP contribution in [0.5, 0.6) is 5.75 Å². The van der Waals surface area contributed by atoms with Crippen LogP contribution >= 0.6 is 0 Å². The highest BCUT2D eigenvalue weighted by Gasteiger charge is 2.56. The zero-order chi connectivity index (χ0) is 17.6. The summed E-state index contributed by atoms with van der Waals surface area (Å²) in [6, 6.07) is 6.34. The number of amides is 1. The minimum absolute atomic E-state index is 0.0102. The summed E-state index contributed by atoms with van der Waals surface area (Å²) in [5.74, 6) is 1.38. The van der Waals surface area contributed by atoms with Crippen molar-refractivity contribution < 1.29 is 19.1 Å². The van der Waals surface area contributed by atoms with Gasteiger partial charge in [-0.1, -0.05) is 6.07 Å². The number of ether oxygens (including phenoxy) is 2. The lowest BCUT2D eigenvalue weighted by atomic mass is 9.52. The van der Waals surface area contributed by atoms with Crippen molar-refractivity contribution in [3.8, 4) is 5.75 Å². The second-order valence-corrected chi connectivity index (χ2v) is 7.44. The molecule has 1 aromatic rings. The van der Waals surface area contributed by atoms with Gasteiger partial charge in [0.1, 0.15) is 11.5 Å². The maximum absolute atomic E-state index is 12.5. The molecule has 0 aromatic heterocycles. The fourth-order valence-corrected chi connectivity index (χ4v) is 5.31. The minimum Gasteiger partial charge on any atom is -0.497 e. The van der Waals surface area contributed by atoms with Gasteiger partial charge < -0.3 is 14.4 Å². The molecule has 3 aliphatic rings. The van der Waals surface area contributed by atoms with Crippen molar-refractivity contribution in [1.29, 1.82) is 0 Å². The Morgan fingerprint density at radius 1 is 1.32 bits per heavy atom. The van der Waals surface area contributed by atoms with E-state index in [4.69, 9.17) is 9.47 Å². The molecule has 3 atom stereocenters. The van der Waals surface area contributed by atoms with Gasteiger partial charge in [0, 0.05) is 30.8 Å². The Bertz CT molecular complexity index is 716. The molecule has 1 saturated heterocycles. The van der Waals surface area contributed by atoms with Crippen LogP contribution in [-0.4, -0.2) is 43.1 Å².